The highest BCUT2D eigenvalue weighted by atomic mass is 19.1. The molecule has 0 saturated carbocycles. The van der Waals surface area contributed by atoms with Crippen LogP contribution in [0.5, 0.6) is 0 Å². The summed E-state index contributed by atoms with van der Waals surface area (Å²) < 4.78 is 28.2. The zero-order chi connectivity index (χ0) is 13.5. The third-order valence-corrected chi connectivity index (χ3v) is 3.33. The number of ketones is 1. The average Bonchev–Trinajstić information content (AvgIpc) is 2.44. The van der Waals surface area contributed by atoms with Crippen LogP contribution in [0.3, 0.4) is 0 Å². The van der Waals surface area contributed by atoms with Crippen LogP contribution >= 0.6 is 0 Å². The zero-order valence-electron chi connectivity index (χ0n) is 9.94. The molecule has 0 bridgehead atoms. The fourth-order valence-electron chi connectivity index (χ4n) is 2.35. The van der Waals surface area contributed by atoms with Crippen molar-refractivity contribution in [2.24, 2.45) is 0 Å². The number of rotatable bonds is 1. The third kappa shape index (κ3) is 1.70. The lowest BCUT2D eigenvalue weighted by atomic mass is 9.79. The summed E-state index contributed by atoms with van der Waals surface area (Å²) in [6.07, 6.45) is 2.82. The second kappa shape index (κ2) is 4.12. The summed E-state index contributed by atoms with van der Waals surface area (Å²) in [4.78, 5) is 12.0. The molecule has 2 aromatic rings. The zero-order valence-corrected chi connectivity index (χ0v) is 9.94. The molecule has 94 valence electrons. The molecule has 1 nitrogen and oxygen atoms in total. The molecule has 0 heterocycles. The van der Waals surface area contributed by atoms with E-state index < -0.39 is 17.3 Å². The maximum atomic E-state index is 15.3. The largest absolute Gasteiger partial charge is 0.290 e. The van der Waals surface area contributed by atoms with E-state index in [0.29, 0.717) is 11.1 Å². The van der Waals surface area contributed by atoms with E-state index in [0.717, 1.165) is 12.1 Å². The van der Waals surface area contributed by atoms with Crippen LogP contribution in [0.1, 0.15) is 16.7 Å². The Balaban J connectivity index is 2.24. The van der Waals surface area contributed by atoms with Crippen LogP contribution in [0, 0.1) is 5.82 Å². The van der Waals surface area contributed by atoms with Crippen molar-refractivity contribution in [3.63, 3.8) is 0 Å². The molecular weight excluding hydrogens is 246 g/mol. The van der Waals surface area contributed by atoms with Crippen LogP contribution in [0.2, 0.25) is 0 Å². The monoisotopic (exact) mass is 256 g/mol. The van der Waals surface area contributed by atoms with Gasteiger partial charge in [0.25, 0.3) is 0 Å². The minimum Gasteiger partial charge on any atom is -0.290 e. The van der Waals surface area contributed by atoms with Gasteiger partial charge in [0.1, 0.15) is 5.82 Å². The highest BCUT2D eigenvalue weighted by molar-refractivity contribution is 6.06. The van der Waals surface area contributed by atoms with Gasteiger partial charge in [-0.2, -0.15) is 0 Å². The predicted octanol–water partition coefficient (Wildman–Crippen LogP) is 3.63. The predicted molar refractivity (Wildman–Crippen MR) is 68.8 cm³/mol. The Labute approximate surface area is 109 Å². The molecule has 3 rings (SSSR count). The van der Waals surface area contributed by atoms with E-state index in [1.807, 2.05) is 0 Å². The van der Waals surface area contributed by atoms with Gasteiger partial charge in [-0.3, -0.25) is 4.79 Å². The number of hydrogen-bond donors (Lipinski definition) is 0. The Morgan fingerprint density at radius 3 is 2.32 bits per heavy atom. The first kappa shape index (κ1) is 11.8. The standard InChI is InChI=1S/C16H10F2O/c17-13-8-6-12(7-9-13)16(18)14-4-2-1-3-11(14)5-10-15(16)19/h1-10H. The topological polar surface area (TPSA) is 17.1 Å². The van der Waals surface area contributed by atoms with E-state index in [2.05, 4.69) is 0 Å². The van der Waals surface area contributed by atoms with Crippen molar-refractivity contribution in [2.75, 3.05) is 0 Å². The number of benzene rings is 2. The van der Waals surface area contributed by atoms with Crippen LogP contribution in [0.25, 0.3) is 6.08 Å². The molecular formula is C16H10F2O. The van der Waals surface area contributed by atoms with Crippen molar-refractivity contribution in [3.8, 4) is 0 Å². The van der Waals surface area contributed by atoms with E-state index in [1.54, 1.807) is 30.3 Å². The molecule has 0 aromatic heterocycles. The van der Waals surface area contributed by atoms with E-state index >= 15 is 4.39 Å². The summed E-state index contributed by atoms with van der Waals surface area (Å²) in [5.41, 5.74) is -1.13. The number of carbonyl (C=O) groups excluding carboxylic acids is 1. The first-order valence-electron chi connectivity index (χ1n) is 5.89. The van der Waals surface area contributed by atoms with Gasteiger partial charge in [-0.25, -0.2) is 8.78 Å². The summed E-state index contributed by atoms with van der Waals surface area (Å²) in [7, 11) is 0. The molecule has 0 saturated heterocycles. The molecule has 1 atom stereocenters. The van der Waals surface area contributed by atoms with Crippen molar-refractivity contribution in [2.45, 2.75) is 5.67 Å². The average molecular weight is 256 g/mol. The molecule has 0 spiro atoms. The van der Waals surface area contributed by atoms with Gasteiger partial charge in [-0.1, -0.05) is 42.5 Å². The molecule has 0 radical (unpaired) electrons. The Bertz CT molecular complexity index is 673. The van der Waals surface area contributed by atoms with Gasteiger partial charge in [0.2, 0.25) is 11.5 Å². The maximum absolute atomic E-state index is 15.3. The minimum absolute atomic E-state index is 0.149. The van der Waals surface area contributed by atoms with E-state index in [1.165, 1.54) is 18.2 Å². The fraction of sp³-hybridized carbons (Fsp3) is 0.0625. The fourth-order valence-corrected chi connectivity index (χ4v) is 2.35. The molecule has 1 aliphatic rings. The number of allylic oxidation sites excluding steroid dienone is 1. The Kier molecular flexibility index (Phi) is 2.56. The quantitative estimate of drug-likeness (QED) is 0.761. The number of fused-ring (bicyclic) bond motifs is 1. The highest BCUT2D eigenvalue weighted by Gasteiger charge is 2.43. The molecule has 0 aliphatic heterocycles. The van der Waals surface area contributed by atoms with Crippen LogP contribution in [-0.2, 0) is 10.5 Å². The van der Waals surface area contributed by atoms with Gasteiger partial charge in [0.15, 0.2) is 0 Å². The molecule has 2 aromatic carbocycles. The van der Waals surface area contributed by atoms with Crippen LogP contribution < -0.4 is 0 Å². The van der Waals surface area contributed by atoms with Gasteiger partial charge >= 0.3 is 0 Å². The summed E-state index contributed by atoms with van der Waals surface area (Å²) in [5.74, 6) is -1.10. The van der Waals surface area contributed by atoms with E-state index in [9.17, 15) is 9.18 Å². The van der Waals surface area contributed by atoms with Crippen molar-refractivity contribution in [3.05, 3.63) is 77.1 Å². The van der Waals surface area contributed by atoms with Crippen LogP contribution in [0.15, 0.2) is 54.6 Å². The lowest BCUT2D eigenvalue weighted by Crippen LogP contribution is -2.33. The van der Waals surface area contributed by atoms with Crippen molar-refractivity contribution in [1.82, 2.24) is 0 Å². The number of hydrogen-bond acceptors (Lipinski definition) is 1. The van der Waals surface area contributed by atoms with Crippen LogP contribution in [-0.4, -0.2) is 5.78 Å². The lowest BCUT2D eigenvalue weighted by molar-refractivity contribution is -0.123. The van der Waals surface area contributed by atoms with Gasteiger partial charge in [-0.05, 0) is 23.8 Å². The molecule has 0 fully saturated rings. The SMILES string of the molecule is O=C1C=Cc2ccccc2C1(F)c1ccc(F)cc1. The Morgan fingerprint density at radius 1 is 0.895 bits per heavy atom. The first-order valence-corrected chi connectivity index (χ1v) is 5.89. The van der Waals surface area contributed by atoms with Crippen LogP contribution in [0.4, 0.5) is 8.78 Å². The van der Waals surface area contributed by atoms with Crippen molar-refractivity contribution in [1.29, 1.82) is 0 Å². The summed E-state index contributed by atoms with van der Waals surface area (Å²) in [6.45, 7) is 0. The number of carbonyl (C=O) groups is 1. The summed E-state index contributed by atoms with van der Waals surface area (Å²) >= 11 is 0. The first-order chi connectivity index (χ1) is 9.12. The van der Waals surface area contributed by atoms with Crippen molar-refractivity contribution >= 4 is 11.9 Å². The molecule has 1 aliphatic carbocycles. The number of alkyl halides is 1. The van der Waals surface area contributed by atoms with Gasteiger partial charge < -0.3 is 0 Å². The summed E-state index contributed by atoms with van der Waals surface area (Å²) in [5, 5.41) is 0. The number of halogens is 2. The second-order valence-corrected chi connectivity index (χ2v) is 4.45. The lowest BCUT2D eigenvalue weighted by Gasteiger charge is -2.28. The second-order valence-electron chi connectivity index (χ2n) is 4.45. The molecule has 0 N–H and O–H groups in total. The minimum atomic E-state index is -2.24. The molecule has 1 unspecified atom stereocenters. The van der Waals surface area contributed by atoms with E-state index in [-0.39, 0.29) is 5.56 Å². The third-order valence-electron chi connectivity index (χ3n) is 3.33. The Hall–Kier alpha value is -2.29. The maximum Gasteiger partial charge on any atom is 0.223 e. The summed E-state index contributed by atoms with van der Waals surface area (Å²) in [6, 6.07) is 11.7. The smallest absolute Gasteiger partial charge is 0.223 e. The Morgan fingerprint density at radius 2 is 1.58 bits per heavy atom. The van der Waals surface area contributed by atoms with Gasteiger partial charge in [0.05, 0.1) is 0 Å². The molecule has 19 heavy (non-hydrogen) atoms. The normalized spacial score (nSPS) is 21.3. The van der Waals surface area contributed by atoms with Gasteiger partial charge in [-0.15, -0.1) is 0 Å². The molecule has 0 amide bonds. The van der Waals surface area contributed by atoms with E-state index in [4.69, 9.17) is 0 Å². The molecule has 3 heteroatoms. The highest BCUT2D eigenvalue weighted by Crippen LogP contribution is 2.40. The van der Waals surface area contributed by atoms with Crippen molar-refractivity contribution < 1.29 is 13.6 Å². The van der Waals surface area contributed by atoms with Gasteiger partial charge in [0, 0.05) is 11.1 Å².